The number of carbonyl (C=O) groups excluding carboxylic acids is 1. The molecule has 7 nitrogen and oxygen atoms in total. The lowest BCUT2D eigenvalue weighted by molar-refractivity contribution is -0.163. The average molecular weight is 387 g/mol. The van der Waals surface area contributed by atoms with Crippen LogP contribution in [0.25, 0.3) is 10.8 Å². The molecule has 0 unspecified atom stereocenters. The molecule has 0 aliphatic carbocycles. The minimum Gasteiger partial charge on any atom is -0.467 e. The molecule has 11 heteroatoms. The van der Waals surface area contributed by atoms with Gasteiger partial charge >= 0.3 is 11.9 Å². The van der Waals surface area contributed by atoms with Crippen molar-refractivity contribution >= 4 is 17.2 Å². The number of hydrogen-bond acceptors (Lipinski definition) is 6. The second kappa shape index (κ2) is 7.20. The molecule has 138 valence electrons. The molecule has 0 spiro atoms. The van der Waals surface area contributed by atoms with Gasteiger partial charge in [0.05, 0.1) is 17.7 Å². The predicted octanol–water partition coefficient (Wildman–Crippen LogP) is 2.75. The fourth-order valence-corrected chi connectivity index (χ4v) is 2.82. The van der Waals surface area contributed by atoms with Gasteiger partial charge in [0.25, 0.3) is 5.89 Å². The predicted molar refractivity (Wildman–Crippen MR) is 84.3 cm³/mol. The van der Waals surface area contributed by atoms with Crippen LogP contribution in [0.3, 0.4) is 0 Å². The molecule has 0 fully saturated rings. The van der Waals surface area contributed by atoms with Crippen LogP contribution in [0.5, 0.6) is 0 Å². The molecule has 3 rings (SSSR count). The number of amides is 1. The monoisotopic (exact) mass is 387 g/mol. The summed E-state index contributed by atoms with van der Waals surface area (Å²) in [6.45, 7) is -2.53. The van der Waals surface area contributed by atoms with E-state index in [1.54, 1.807) is 17.5 Å². The van der Waals surface area contributed by atoms with E-state index in [-0.39, 0.29) is 18.2 Å². The van der Waals surface area contributed by atoms with E-state index in [4.69, 9.17) is 8.83 Å². The number of thiophene rings is 1. The van der Waals surface area contributed by atoms with Crippen LogP contribution in [0.4, 0.5) is 13.2 Å². The normalized spacial score (nSPS) is 11.7. The van der Waals surface area contributed by atoms with E-state index in [2.05, 4.69) is 5.10 Å². The van der Waals surface area contributed by atoms with Gasteiger partial charge in [-0.25, -0.2) is 4.79 Å². The van der Waals surface area contributed by atoms with Crippen LogP contribution < -0.4 is 5.76 Å². The highest BCUT2D eigenvalue weighted by molar-refractivity contribution is 7.13. The van der Waals surface area contributed by atoms with Crippen LogP contribution in [0.1, 0.15) is 5.76 Å². The zero-order chi connectivity index (χ0) is 18.7. The first kappa shape index (κ1) is 18.0. The molecule has 3 aromatic rings. The van der Waals surface area contributed by atoms with E-state index >= 15 is 0 Å². The lowest BCUT2D eigenvalue weighted by Crippen LogP contribution is -2.41. The highest BCUT2D eigenvalue weighted by Gasteiger charge is 2.33. The van der Waals surface area contributed by atoms with Gasteiger partial charge < -0.3 is 13.7 Å². The van der Waals surface area contributed by atoms with Gasteiger partial charge in [-0.1, -0.05) is 6.07 Å². The van der Waals surface area contributed by atoms with Crippen LogP contribution in [0.2, 0.25) is 0 Å². The second-order valence-electron chi connectivity index (χ2n) is 5.25. The van der Waals surface area contributed by atoms with Gasteiger partial charge in [0.1, 0.15) is 18.8 Å². The molecule has 0 bridgehead atoms. The van der Waals surface area contributed by atoms with Crippen molar-refractivity contribution in [3.63, 3.8) is 0 Å². The quantitative estimate of drug-likeness (QED) is 0.650. The number of aromatic nitrogens is 2. The van der Waals surface area contributed by atoms with Crippen LogP contribution in [-0.2, 0) is 17.9 Å². The first-order valence-electron chi connectivity index (χ1n) is 7.30. The maximum atomic E-state index is 12.8. The molecule has 0 aliphatic rings. The van der Waals surface area contributed by atoms with Crippen molar-refractivity contribution < 1.29 is 26.8 Å². The van der Waals surface area contributed by atoms with Crippen molar-refractivity contribution in [2.45, 2.75) is 19.3 Å². The van der Waals surface area contributed by atoms with Gasteiger partial charge in [-0.3, -0.25) is 4.79 Å². The van der Waals surface area contributed by atoms with Crippen LogP contribution in [0.15, 0.2) is 49.5 Å². The highest BCUT2D eigenvalue weighted by atomic mass is 32.1. The van der Waals surface area contributed by atoms with Gasteiger partial charge in [-0.15, -0.1) is 16.4 Å². The molecule has 1 amide bonds. The summed E-state index contributed by atoms with van der Waals surface area (Å²) in [5, 5.41) is 5.61. The Morgan fingerprint density at radius 3 is 2.73 bits per heavy atom. The standard InChI is InChI=1S/C15H12F3N3O4S/c16-15(17,18)9-20(7-10-3-1-5-24-10)12(22)8-21-14(23)25-13(19-21)11-4-2-6-26-11/h1-6H,7-9H2. The first-order valence-corrected chi connectivity index (χ1v) is 8.18. The topological polar surface area (TPSA) is 81.5 Å². The lowest BCUT2D eigenvalue weighted by Gasteiger charge is -2.22. The van der Waals surface area contributed by atoms with Crippen LogP contribution in [0, 0.1) is 0 Å². The van der Waals surface area contributed by atoms with Crippen molar-refractivity contribution in [1.29, 1.82) is 0 Å². The molecule has 3 aromatic heterocycles. The minimum absolute atomic E-state index is 0.00575. The van der Waals surface area contributed by atoms with E-state index < -0.39 is 30.9 Å². The van der Waals surface area contributed by atoms with E-state index in [9.17, 15) is 22.8 Å². The second-order valence-corrected chi connectivity index (χ2v) is 6.20. The molecule has 0 aromatic carbocycles. The Morgan fingerprint density at radius 2 is 2.12 bits per heavy atom. The van der Waals surface area contributed by atoms with Crippen LogP contribution in [-0.4, -0.2) is 33.3 Å². The summed E-state index contributed by atoms with van der Waals surface area (Å²) in [5.74, 6) is -1.67. The van der Waals surface area contributed by atoms with Gasteiger partial charge in [-0.05, 0) is 23.6 Å². The van der Waals surface area contributed by atoms with E-state index in [1.807, 2.05) is 0 Å². The van der Waals surface area contributed by atoms with Gasteiger partial charge in [0, 0.05) is 0 Å². The third-order valence-electron chi connectivity index (χ3n) is 3.27. The number of rotatable bonds is 6. The van der Waals surface area contributed by atoms with Crippen molar-refractivity contribution in [2.24, 2.45) is 0 Å². The number of alkyl halides is 3. The maximum Gasteiger partial charge on any atom is 0.437 e. The molecule has 0 saturated heterocycles. The van der Waals surface area contributed by atoms with Crippen molar-refractivity contribution in [3.8, 4) is 10.8 Å². The Balaban J connectivity index is 1.78. The fourth-order valence-electron chi connectivity index (χ4n) is 2.17. The fraction of sp³-hybridized carbons (Fsp3) is 0.267. The Kier molecular flexibility index (Phi) is 4.98. The Hall–Kier alpha value is -2.82. The molecule has 26 heavy (non-hydrogen) atoms. The number of nitrogens with zero attached hydrogens (tertiary/aromatic N) is 3. The summed E-state index contributed by atoms with van der Waals surface area (Å²) in [7, 11) is 0. The SMILES string of the molecule is O=C(Cn1nc(-c2cccs2)oc1=O)N(Cc1ccco1)CC(F)(F)F. The highest BCUT2D eigenvalue weighted by Crippen LogP contribution is 2.21. The van der Waals surface area contributed by atoms with Crippen molar-refractivity contribution in [2.75, 3.05) is 6.54 Å². The summed E-state index contributed by atoms with van der Waals surface area (Å²) in [4.78, 5) is 25.2. The van der Waals surface area contributed by atoms with Gasteiger partial charge in [-0.2, -0.15) is 17.9 Å². The molecule has 3 heterocycles. The summed E-state index contributed by atoms with van der Waals surface area (Å²) in [5.41, 5.74) is 0. The number of furan rings is 1. The molecule has 0 aliphatic heterocycles. The molecule has 0 radical (unpaired) electrons. The number of halogens is 3. The lowest BCUT2D eigenvalue weighted by atomic mass is 10.3. The Bertz CT molecular complexity index is 913. The minimum atomic E-state index is -4.60. The molecule has 0 atom stereocenters. The van der Waals surface area contributed by atoms with Gasteiger partial charge in [0.15, 0.2) is 0 Å². The molecular weight excluding hydrogens is 375 g/mol. The molecule has 0 saturated carbocycles. The van der Waals surface area contributed by atoms with Gasteiger partial charge in [0.2, 0.25) is 5.91 Å². The van der Waals surface area contributed by atoms with Crippen molar-refractivity contribution in [3.05, 3.63) is 52.2 Å². The number of hydrogen-bond donors (Lipinski definition) is 0. The smallest absolute Gasteiger partial charge is 0.437 e. The third kappa shape index (κ3) is 4.42. The van der Waals surface area contributed by atoms with E-state index in [0.717, 1.165) is 0 Å². The third-order valence-corrected chi connectivity index (χ3v) is 4.13. The Labute approximate surface area is 148 Å². The molecule has 0 N–H and O–H groups in total. The largest absolute Gasteiger partial charge is 0.467 e. The van der Waals surface area contributed by atoms with E-state index in [0.29, 0.717) is 14.5 Å². The first-order chi connectivity index (χ1) is 12.3. The zero-order valence-corrected chi connectivity index (χ0v) is 13.9. The van der Waals surface area contributed by atoms with Crippen molar-refractivity contribution in [1.82, 2.24) is 14.7 Å². The summed E-state index contributed by atoms with van der Waals surface area (Å²) >= 11 is 1.27. The summed E-state index contributed by atoms with van der Waals surface area (Å²) in [6, 6.07) is 6.34. The summed E-state index contributed by atoms with van der Waals surface area (Å²) in [6.07, 6.45) is -3.31. The zero-order valence-electron chi connectivity index (χ0n) is 13.1. The van der Waals surface area contributed by atoms with Crippen LogP contribution >= 0.6 is 11.3 Å². The average Bonchev–Trinajstić information content (AvgIpc) is 3.28. The Morgan fingerprint density at radius 1 is 1.31 bits per heavy atom. The molecular formula is C15H12F3N3O4S. The summed E-state index contributed by atoms with van der Waals surface area (Å²) < 4.78 is 49.0. The van der Waals surface area contributed by atoms with E-state index in [1.165, 1.54) is 29.7 Å². The number of carbonyl (C=O) groups is 1. The maximum absolute atomic E-state index is 12.8.